The minimum Gasteiger partial charge on any atom is -0.349 e. The van der Waals surface area contributed by atoms with Crippen LogP contribution in [-0.4, -0.2) is 35.5 Å². The summed E-state index contributed by atoms with van der Waals surface area (Å²) in [4.78, 5) is 14.8. The Morgan fingerprint density at radius 3 is 2.57 bits per heavy atom. The summed E-state index contributed by atoms with van der Waals surface area (Å²) in [6.07, 6.45) is 2.02. The molecule has 1 aromatic carbocycles. The zero-order valence-electron chi connectivity index (χ0n) is 13.2. The average Bonchev–Trinajstić information content (AvgIpc) is 2.47. The van der Waals surface area contributed by atoms with Crippen molar-refractivity contribution in [3.05, 3.63) is 35.4 Å². The number of likely N-dealkylation sites (tertiary alicyclic amines) is 1. The van der Waals surface area contributed by atoms with Crippen LogP contribution in [0.15, 0.2) is 24.3 Å². The van der Waals surface area contributed by atoms with E-state index in [1.54, 1.807) is 0 Å². The molecule has 0 aliphatic carbocycles. The highest BCUT2D eigenvalue weighted by atomic mass is 35.5. The number of nitrogens with one attached hydrogen (secondary N) is 1. The first-order valence-electron chi connectivity index (χ1n) is 7.61. The first kappa shape index (κ1) is 16.3. The van der Waals surface area contributed by atoms with Gasteiger partial charge in [0, 0.05) is 36.1 Å². The molecule has 1 fully saturated rings. The number of hydrogen-bond acceptors (Lipinski definition) is 2. The molecule has 0 aromatic heterocycles. The summed E-state index contributed by atoms with van der Waals surface area (Å²) in [5.74, 6) is 0.446. The second kappa shape index (κ2) is 6.80. The monoisotopic (exact) mass is 308 g/mol. The number of nitrogens with zero attached hydrogens (tertiary/aromatic N) is 1. The van der Waals surface area contributed by atoms with E-state index in [0.29, 0.717) is 11.4 Å². The lowest BCUT2D eigenvalue weighted by Gasteiger charge is -2.41. The smallest absolute Gasteiger partial charge is 0.251 e. The molecule has 1 aromatic rings. The number of benzene rings is 1. The Morgan fingerprint density at radius 2 is 2.00 bits per heavy atom. The van der Waals surface area contributed by atoms with Crippen LogP contribution in [0.3, 0.4) is 0 Å². The van der Waals surface area contributed by atoms with Crippen LogP contribution in [0, 0.1) is 0 Å². The van der Waals surface area contributed by atoms with Crippen molar-refractivity contribution in [3.8, 4) is 0 Å². The van der Waals surface area contributed by atoms with Crippen molar-refractivity contribution in [1.29, 1.82) is 0 Å². The van der Waals surface area contributed by atoms with Crippen LogP contribution in [0.2, 0.25) is 0 Å². The molecule has 116 valence electrons. The maximum absolute atomic E-state index is 12.3. The zero-order valence-corrected chi connectivity index (χ0v) is 13.9. The van der Waals surface area contributed by atoms with Gasteiger partial charge in [0.1, 0.15) is 0 Å². The molecule has 0 saturated carbocycles. The van der Waals surface area contributed by atoms with Crippen LogP contribution in [0.1, 0.15) is 49.5 Å². The van der Waals surface area contributed by atoms with Gasteiger partial charge in [0.15, 0.2) is 0 Å². The Kier molecular flexibility index (Phi) is 5.28. The van der Waals surface area contributed by atoms with E-state index in [1.807, 2.05) is 24.3 Å². The van der Waals surface area contributed by atoms with E-state index in [2.05, 4.69) is 31.0 Å². The number of rotatable bonds is 3. The van der Waals surface area contributed by atoms with E-state index < -0.39 is 0 Å². The largest absolute Gasteiger partial charge is 0.349 e. The molecule has 0 spiro atoms. The number of hydrogen-bond donors (Lipinski definition) is 1. The molecule has 1 saturated heterocycles. The molecule has 0 atom stereocenters. The zero-order chi connectivity index (χ0) is 15.5. The van der Waals surface area contributed by atoms with E-state index in [-0.39, 0.29) is 17.5 Å². The van der Waals surface area contributed by atoms with Gasteiger partial charge in [-0.05, 0) is 51.3 Å². The topological polar surface area (TPSA) is 32.3 Å². The summed E-state index contributed by atoms with van der Waals surface area (Å²) in [6, 6.07) is 7.80. The first-order valence-corrected chi connectivity index (χ1v) is 8.14. The average molecular weight is 309 g/mol. The van der Waals surface area contributed by atoms with Gasteiger partial charge in [-0.3, -0.25) is 9.69 Å². The van der Waals surface area contributed by atoms with Crippen LogP contribution in [0.25, 0.3) is 0 Å². The van der Waals surface area contributed by atoms with E-state index in [0.717, 1.165) is 31.5 Å². The quantitative estimate of drug-likeness (QED) is 0.868. The lowest BCUT2D eigenvalue weighted by atomic mass is 9.98. The molecule has 21 heavy (non-hydrogen) atoms. The SMILES string of the molecule is CC(C)(C)N1CCC(NC(=O)c2cccc(CCl)c2)CC1. The molecular weight excluding hydrogens is 284 g/mol. The van der Waals surface area contributed by atoms with E-state index in [9.17, 15) is 4.79 Å². The van der Waals surface area contributed by atoms with Gasteiger partial charge in [0.05, 0.1) is 0 Å². The van der Waals surface area contributed by atoms with Crippen molar-refractivity contribution in [1.82, 2.24) is 10.2 Å². The van der Waals surface area contributed by atoms with Crippen LogP contribution < -0.4 is 5.32 Å². The molecule has 1 aliphatic heterocycles. The summed E-state index contributed by atoms with van der Waals surface area (Å²) in [5.41, 5.74) is 1.89. The van der Waals surface area contributed by atoms with Gasteiger partial charge in [-0.1, -0.05) is 12.1 Å². The lowest BCUT2D eigenvalue weighted by molar-refractivity contribution is 0.0812. The van der Waals surface area contributed by atoms with E-state index in [1.165, 1.54) is 0 Å². The third-order valence-corrected chi connectivity index (χ3v) is 4.43. The molecule has 1 amide bonds. The number of carbonyl (C=O) groups excluding carboxylic acids is 1. The molecule has 1 heterocycles. The molecule has 4 heteroatoms. The number of alkyl halides is 1. The fourth-order valence-corrected chi connectivity index (χ4v) is 2.93. The molecule has 0 unspecified atom stereocenters. The minimum atomic E-state index is 0.0103. The molecule has 1 N–H and O–H groups in total. The van der Waals surface area contributed by atoms with E-state index >= 15 is 0 Å². The number of amides is 1. The summed E-state index contributed by atoms with van der Waals surface area (Å²) in [5, 5.41) is 3.15. The third-order valence-electron chi connectivity index (χ3n) is 4.12. The number of halogens is 1. The minimum absolute atomic E-state index is 0.0103. The Morgan fingerprint density at radius 1 is 1.33 bits per heavy atom. The van der Waals surface area contributed by atoms with Crippen LogP contribution in [-0.2, 0) is 5.88 Å². The van der Waals surface area contributed by atoms with Gasteiger partial charge in [-0.25, -0.2) is 0 Å². The Balaban J connectivity index is 1.89. The highest BCUT2D eigenvalue weighted by Crippen LogP contribution is 2.20. The second-order valence-corrected chi connectivity index (χ2v) is 7.01. The fraction of sp³-hybridized carbons (Fsp3) is 0.588. The van der Waals surface area contributed by atoms with Crippen LogP contribution in [0.5, 0.6) is 0 Å². The standard InChI is InChI=1S/C17H25ClN2O/c1-17(2,3)20-9-7-15(8-10-20)19-16(21)14-6-4-5-13(11-14)12-18/h4-6,11,15H,7-10,12H2,1-3H3,(H,19,21). The predicted molar refractivity (Wildman–Crippen MR) is 87.8 cm³/mol. The molecule has 3 nitrogen and oxygen atoms in total. The fourth-order valence-electron chi connectivity index (χ4n) is 2.76. The van der Waals surface area contributed by atoms with E-state index in [4.69, 9.17) is 11.6 Å². The Bertz CT molecular complexity index is 488. The third kappa shape index (κ3) is 4.45. The molecule has 0 radical (unpaired) electrons. The maximum Gasteiger partial charge on any atom is 0.251 e. The molecule has 1 aliphatic rings. The van der Waals surface area contributed by atoms with Gasteiger partial charge < -0.3 is 5.32 Å². The van der Waals surface area contributed by atoms with Gasteiger partial charge in [-0.15, -0.1) is 11.6 Å². The maximum atomic E-state index is 12.3. The van der Waals surface area contributed by atoms with Gasteiger partial charge in [-0.2, -0.15) is 0 Å². The van der Waals surface area contributed by atoms with Crippen molar-refractivity contribution >= 4 is 17.5 Å². The van der Waals surface area contributed by atoms with Crippen molar-refractivity contribution in [2.24, 2.45) is 0 Å². The first-order chi connectivity index (χ1) is 9.90. The van der Waals surface area contributed by atoms with Crippen molar-refractivity contribution in [2.75, 3.05) is 13.1 Å². The van der Waals surface area contributed by atoms with Crippen molar-refractivity contribution in [3.63, 3.8) is 0 Å². The Hall–Kier alpha value is -1.06. The normalized spacial score (nSPS) is 17.7. The van der Waals surface area contributed by atoms with Gasteiger partial charge >= 0.3 is 0 Å². The van der Waals surface area contributed by atoms with Crippen LogP contribution in [0.4, 0.5) is 0 Å². The van der Waals surface area contributed by atoms with Crippen LogP contribution >= 0.6 is 11.6 Å². The lowest BCUT2D eigenvalue weighted by Crippen LogP contribution is -2.50. The Labute approximate surface area is 132 Å². The molecular formula is C17H25ClN2O. The van der Waals surface area contributed by atoms with Crippen molar-refractivity contribution in [2.45, 2.75) is 51.1 Å². The molecule has 2 rings (SSSR count). The highest BCUT2D eigenvalue weighted by molar-refractivity contribution is 6.17. The van der Waals surface area contributed by atoms with Gasteiger partial charge in [0.25, 0.3) is 5.91 Å². The summed E-state index contributed by atoms with van der Waals surface area (Å²) < 4.78 is 0. The molecule has 0 bridgehead atoms. The van der Waals surface area contributed by atoms with Gasteiger partial charge in [0.2, 0.25) is 0 Å². The second-order valence-electron chi connectivity index (χ2n) is 6.74. The summed E-state index contributed by atoms with van der Waals surface area (Å²) >= 11 is 5.82. The number of piperidine rings is 1. The number of carbonyl (C=O) groups is 1. The summed E-state index contributed by atoms with van der Waals surface area (Å²) in [7, 11) is 0. The highest BCUT2D eigenvalue weighted by Gasteiger charge is 2.27. The predicted octanol–water partition coefficient (Wildman–Crippen LogP) is 3.42. The summed E-state index contributed by atoms with van der Waals surface area (Å²) in [6.45, 7) is 8.79. The van der Waals surface area contributed by atoms with Crippen molar-refractivity contribution < 1.29 is 4.79 Å².